The molecule has 5 aromatic heterocycles. The Kier molecular flexibility index (Phi) is 4.76. The Morgan fingerprint density at radius 2 is 1.67 bits per heavy atom. The quantitative estimate of drug-likeness (QED) is 0.420. The molecule has 0 N–H and O–H groups in total. The van der Waals surface area contributed by atoms with Crippen molar-refractivity contribution in [2.75, 3.05) is 6.61 Å². The topological polar surface area (TPSA) is 88.5 Å². The van der Waals surface area contributed by atoms with E-state index in [-0.39, 0.29) is 6.23 Å². The van der Waals surface area contributed by atoms with Crippen LogP contribution in [-0.2, 0) is 18.8 Å². The van der Waals surface area contributed by atoms with Gasteiger partial charge in [-0.2, -0.15) is 15.3 Å². The molecule has 33 heavy (non-hydrogen) atoms. The molecular weight excluding hydrogens is 416 g/mol. The van der Waals surface area contributed by atoms with Crippen LogP contribution in [0.5, 0.6) is 0 Å². The van der Waals surface area contributed by atoms with Crippen molar-refractivity contribution in [2.24, 2.45) is 14.1 Å². The molecule has 6 heterocycles. The molecule has 5 aromatic rings. The van der Waals surface area contributed by atoms with Crippen LogP contribution in [0.4, 0.5) is 0 Å². The third-order valence-corrected chi connectivity index (χ3v) is 6.01. The van der Waals surface area contributed by atoms with Gasteiger partial charge in [0.1, 0.15) is 5.69 Å². The first-order valence-electron chi connectivity index (χ1n) is 11.1. The molecule has 0 spiro atoms. The fourth-order valence-corrected chi connectivity index (χ4v) is 4.35. The first-order valence-corrected chi connectivity index (χ1v) is 11.1. The molecule has 0 radical (unpaired) electrons. The number of rotatable bonds is 4. The summed E-state index contributed by atoms with van der Waals surface area (Å²) < 4.78 is 11.6. The molecular formula is C24H24N8O. The number of hydrogen-bond acceptors (Lipinski definition) is 6. The molecule has 1 fully saturated rings. The van der Waals surface area contributed by atoms with Gasteiger partial charge in [0.2, 0.25) is 0 Å². The normalized spacial score (nSPS) is 16.5. The maximum Gasteiger partial charge on any atom is 0.150 e. The van der Waals surface area contributed by atoms with E-state index >= 15 is 0 Å². The second-order valence-electron chi connectivity index (χ2n) is 8.41. The summed E-state index contributed by atoms with van der Waals surface area (Å²) >= 11 is 0. The van der Waals surface area contributed by atoms with Gasteiger partial charge in [0.05, 0.1) is 41.2 Å². The molecule has 9 heteroatoms. The van der Waals surface area contributed by atoms with Crippen molar-refractivity contribution in [3.05, 3.63) is 55.2 Å². The van der Waals surface area contributed by atoms with E-state index in [0.29, 0.717) is 0 Å². The van der Waals surface area contributed by atoms with Crippen LogP contribution < -0.4 is 0 Å². The number of aryl methyl sites for hydroxylation is 2. The zero-order valence-electron chi connectivity index (χ0n) is 18.6. The lowest BCUT2D eigenvalue weighted by Gasteiger charge is -2.23. The van der Waals surface area contributed by atoms with Gasteiger partial charge in [-0.25, -0.2) is 9.67 Å². The predicted octanol–water partition coefficient (Wildman–Crippen LogP) is 3.99. The Bertz CT molecular complexity index is 1440. The maximum absolute atomic E-state index is 6.06. The fourth-order valence-electron chi connectivity index (χ4n) is 4.35. The third-order valence-electron chi connectivity index (χ3n) is 6.01. The van der Waals surface area contributed by atoms with Crippen LogP contribution in [0, 0.1) is 0 Å². The Morgan fingerprint density at radius 3 is 2.36 bits per heavy atom. The van der Waals surface area contributed by atoms with Gasteiger partial charge in [0.25, 0.3) is 0 Å². The lowest BCUT2D eigenvalue weighted by atomic mass is 10.1. The molecule has 166 valence electrons. The monoisotopic (exact) mass is 440 g/mol. The van der Waals surface area contributed by atoms with Crippen molar-refractivity contribution in [3.63, 3.8) is 0 Å². The number of ether oxygens (including phenoxy) is 1. The average Bonchev–Trinajstić information content (AvgIpc) is 3.58. The van der Waals surface area contributed by atoms with Crippen LogP contribution in [0.15, 0.2) is 55.2 Å². The van der Waals surface area contributed by atoms with E-state index in [1.807, 2.05) is 68.0 Å². The molecule has 1 aliphatic rings. The van der Waals surface area contributed by atoms with Gasteiger partial charge < -0.3 is 4.74 Å². The van der Waals surface area contributed by atoms with Crippen LogP contribution in [0.25, 0.3) is 44.8 Å². The lowest BCUT2D eigenvalue weighted by molar-refractivity contribution is -0.0365. The van der Waals surface area contributed by atoms with Crippen LogP contribution >= 0.6 is 0 Å². The number of nitrogens with zero attached hydrogens (tertiary/aromatic N) is 8. The van der Waals surface area contributed by atoms with E-state index in [4.69, 9.17) is 19.8 Å². The summed E-state index contributed by atoms with van der Waals surface area (Å²) in [6.45, 7) is 0.747. The SMILES string of the molecule is Cn1cc(-c2cc3c(-c4cccc(-c5cnn(C)c5)n4)nn(C4CCCCO4)c3cn2)cn1. The molecule has 1 atom stereocenters. The van der Waals surface area contributed by atoms with Gasteiger partial charge in [-0.1, -0.05) is 6.07 Å². The minimum absolute atomic E-state index is 0.0949. The molecule has 1 unspecified atom stereocenters. The fraction of sp³-hybridized carbons (Fsp3) is 0.292. The van der Waals surface area contributed by atoms with Crippen molar-refractivity contribution in [2.45, 2.75) is 25.5 Å². The predicted molar refractivity (Wildman–Crippen MR) is 124 cm³/mol. The molecule has 9 nitrogen and oxygen atoms in total. The van der Waals surface area contributed by atoms with Gasteiger partial charge in [-0.05, 0) is 37.5 Å². The van der Waals surface area contributed by atoms with Crippen LogP contribution in [0.1, 0.15) is 25.5 Å². The van der Waals surface area contributed by atoms with Gasteiger partial charge in [0.15, 0.2) is 6.23 Å². The van der Waals surface area contributed by atoms with Crippen molar-refractivity contribution in [1.29, 1.82) is 0 Å². The molecule has 0 aliphatic carbocycles. The minimum Gasteiger partial charge on any atom is -0.356 e. The van der Waals surface area contributed by atoms with E-state index in [1.54, 1.807) is 9.36 Å². The van der Waals surface area contributed by atoms with Gasteiger partial charge >= 0.3 is 0 Å². The van der Waals surface area contributed by atoms with E-state index < -0.39 is 0 Å². The Hall–Kier alpha value is -3.85. The van der Waals surface area contributed by atoms with Gasteiger partial charge in [-0.15, -0.1) is 0 Å². The number of hydrogen-bond donors (Lipinski definition) is 0. The summed E-state index contributed by atoms with van der Waals surface area (Å²) in [5.74, 6) is 0. The van der Waals surface area contributed by atoms with Gasteiger partial charge in [-0.3, -0.25) is 14.3 Å². The summed E-state index contributed by atoms with van der Waals surface area (Å²) in [6.07, 6.45) is 12.5. The van der Waals surface area contributed by atoms with E-state index in [2.05, 4.69) is 16.3 Å². The van der Waals surface area contributed by atoms with E-state index in [0.717, 1.165) is 70.7 Å². The third kappa shape index (κ3) is 3.60. The summed E-state index contributed by atoms with van der Waals surface area (Å²) in [6, 6.07) is 8.08. The van der Waals surface area contributed by atoms with Crippen LogP contribution in [0.2, 0.25) is 0 Å². The number of fused-ring (bicyclic) bond motifs is 1. The second-order valence-corrected chi connectivity index (χ2v) is 8.41. The first kappa shape index (κ1) is 19.8. The first-order chi connectivity index (χ1) is 16.2. The van der Waals surface area contributed by atoms with Crippen molar-refractivity contribution in [3.8, 4) is 33.9 Å². The summed E-state index contributed by atoms with van der Waals surface area (Å²) in [5.41, 5.74) is 6.21. The van der Waals surface area contributed by atoms with Gasteiger partial charge in [0, 0.05) is 49.6 Å². The summed E-state index contributed by atoms with van der Waals surface area (Å²) in [5, 5.41) is 14.6. The molecule has 1 aliphatic heterocycles. The van der Waals surface area contributed by atoms with E-state index in [9.17, 15) is 0 Å². The molecule has 0 aromatic carbocycles. The maximum atomic E-state index is 6.06. The number of pyridine rings is 2. The zero-order valence-corrected chi connectivity index (χ0v) is 18.6. The highest BCUT2D eigenvalue weighted by Crippen LogP contribution is 2.34. The smallest absolute Gasteiger partial charge is 0.150 e. The second kappa shape index (κ2) is 7.93. The molecule has 1 saturated heterocycles. The highest BCUT2D eigenvalue weighted by Gasteiger charge is 2.23. The number of aromatic nitrogens is 8. The zero-order chi connectivity index (χ0) is 22.4. The molecule has 0 amide bonds. The Morgan fingerprint density at radius 1 is 0.909 bits per heavy atom. The molecule has 0 saturated carbocycles. The van der Waals surface area contributed by atoms with Crippen molar-refractivity contribution in [1.82, 2.24) is 39.3 Å². The Balaban J connectivity index is 1.52. The largest absolute Gasteiger partial charge is 0.356 e. The van der Waals surface area contributed by atoms with Crippen LogP contribution in [0.3, 0.4) is 0 Å². The van der Waals surface area contributed by atoms with Crippen molar-refractivity contribution >= 4 is 10.9 Å². The Labute approximate surface area is 190 Å². The summed E-state index contributed by atoms with van der Waals surface area (Å²) in [7, 11) is 3.80. The highest BCUT2D eigenvalue weighted by molar-refractivity contribution is 5.94. The molecule has 0 bridgehead atoms. The standard InChI is InChI=1S/C24H24N8O/c1-30-14-16(11-26-30)19-6-5-7-20(28-19)24-18-10-21(17-12-27-31(2)15-17)25-13-22(18)32(29-24)23-8-3-4-9-33-23/h5-7,10-15,23H,3-4,8-9H2,1-2H3. The minimum atomic E-state index is -0.0949. The molecule has 6 rings (SSSR count). The van der Waals surface area contributed by atoms with E-state index in [1.165, 1.54) is 0 Å². The lowest BCUT2D eigenvalue weighted by Crippen LogP contribution is -2.19. The van der Waals surface area contributed by atoms with Crippen LogP contribution in [-0.4, -0.2) is 45.9 Å². The van der Waals surface area contributed by atoms with Crippen molar-refractivity contribution < 1.29 is 4.74 Å². The average molecular weight is 441 g/mol. The highest BCUT2D eigenvalue weighted by atomic mass is 16.5. The summed E-state index contributed by atoms with van der Waals surface area (Å²) in [4.78, 5) is 9.65.